The van der Waals surface area contributed by atoms with Crippen molar-refractivity contribution in [1.82, 2.24) is 10.3 Å². The van der Waals surface area contributed by atoms with Gasteiger partial charge >= 0.3 is 0 Å². The number of ether oxygens (including phenoxy) is 1. The topological polar surface area (TPSA) is 63.2 Å². The van der Waals surface area contributed by atoms with E-state index >= 15 is 0 Å². The fourth-order valence-electron chi connectivity index (χ4n) is 1.82. The zero-order chi connectivity index (χ0) is 13.1. The van der Waals surface area contributed by atoms with Gasteiger partial charge in [-0.3, -0.25) is 4.79 Å². The number of morpholine rings is 1. The summed E-state index contributed by atoms with van der Waals surface area (Å²) in [6.45, 7) is 7.42. The van der Waals surface area contributed by atoms with Crippen molar-refractivity contribution in [2.75, 3.05) is 18.5 Å². The summed E-state index contributed by atoms with van der Waals surface area (Å²) in [6, 6.07) is -0.301. The van der Waals surface area contributed by atoms with E-state index in [1.54, 1.807) is 0 Å². The van der Waals surface area contributed by atoms with Crippen molar-refractivity contribution in [1.29, 1.82) is 0 Å². The largest absolute Gasteiger partial charge is 0.375 e. The van der Waals surface area contributed by atoms with Crippen molar-refractivity contribution in [3.8, 4) is 0 Å². The number of aromatic nitrogens is 1. The van der Waals surface area contributed by atoms with Crippen molar-refractivity contribution < 1.29 is 9.53 Å². The van der Waals surface area contributed by atoms with Crippen molar-refractivity contribution in [3.05, 3.63) is 11.1 Å². The summed E-state index contributed by atoms with van der Waals surface area (Å²) in [7, 11) is 0. The minimum Gasteiger partial charge on any atom is -0.375 e. The van der Waals surface area contributed by atoms with Crippen LogP contribution in [0.25, 0.3) is 0 Å². The average molecular weight is 306 g/mol. The van der Waals surface area contributed by atoms with Crippen LogP contribution in [0.3, 0.4) is 0 Å². The van der Waals surface area contributed by atoms with Gasteiger partial charge in [0.1, 0.15) is 6.04 Å². The van der Waals surface area contributed by atoms with Crippen LogP contribution < -0.4 is 10.6 Å². The molecule has 0 saturated carbocycles. The molecule has 108 valence electrons. The van der Waals surface area contributed by atoms with Gasteiger partial charge in [0.25, 0.3) is 0 Å². The van der Waals surface area contributed by atoms with Crippen molar-refractivity contribution in [2.45, 2.75) is 38.8 Å². The first-order valence-corrected chi connectivity index (χ1v) is 7.07. The summed E-state index contributed by atoms with van der Waals surface area (Å²) in [4.78, 5) is 16.5. The molecular weight excluding hydrogens is 286 g/mol. The van der Waals surface area contributed by atoms with Crippen LogP contribution in [0.4, 0.5) is 5.13 Å². The number of carbonyl (C=O) groups is 1. The standard InChI is InChI=1S/C12H19N3O2S.ClH/c1-7(2)9-6-18-12(14-9)15-11(16)10-8(3)17-5-4-13-10;/h6-8,10,13H,4-5H2,1-3H3,(H,14,15,16);1H/t8-,10+;/m1./s1. The van der Waals surface area contributed by atoms with Crippen molar-refractivity contribution in [3.63, 3.8) is 0 Å². The van der Waals surface area contributed by atoms with Gasteiger partial charge in [0.2, 0.25) is 5.91 Å². The van der Waals surface area contributed by atoms with Crippen molar-refractivity contribution in [2.24, 2.45) is 0 Å². The summed E-state index contributed by atoms with van der Waals surface area (Å²) in [5.74, 6) is 0.300. The first kappa shape index (κ1) is 16.4. The number of hydrogen-bond donors (Lipinski definition) is 2. The van der Waals surface area contributed by atoms with Gasteiger partial charge in [0.15, 0.2) is 5.13 Å². The first-order chi connectivity index (χ1) is 8.58. The number of nitrogens with zero attached hydrogens (tertiary/aromatic N) is 1. The molecule has 1 fully saturated rings. The van der Waals surface area contributed by atoms with Gasteiger partial charge in [0, 0.05) is 11.9 Å². The van der Waals surface area contributed by atoms with Crippen LogP contribution in [0, 0.1) is 0 Å². The third kappa shape index (κ3) is 4.14. The number of carbonyl (C=O) groups excluding carboxylic acids is 1. The zero-order valence-electron chi connectivity index (χ0n) is 11.3. The SMILES string of the molecule is CC(C)c1csc(NC(=O)[C@H]2NCCO[C@@H]2C)n1.Cl. The molecular formula is C12H20ClN3O2S. The van der Waals surface area contributed by atoms with E-state index in [0.29, 0.717) is 24.2 Å². The van der Waals surface area contributed by atoms with Gasteiger partial charge in [0.05, 0.1) is 18.4 Å². The highest BCUT2D eigenvalue weighted by atomic mass is 35.5. The quantitative estimate of drug-likeness (QED) is 0.896. The maximum atomic E-state index is 12.1. The fraction of sp³-hybridized carbons (Fsp3) is 0.667. The molecule has 0 unspecified atom stereocenters. The van der Waals surface area contributed by atoms with E-state index in [1.807, 2.05) is 12.3 Å². The van der Waals surface area contributed by atoms with E-state index in [9.17, 15) is 4.79 Å². The molecule has 1 aromatic rings. The summed E-state index contributed by atoms with van der Waals surface area (Å²) < 4.78 is 5.45. The Morgan fingerprint density at radius 3 is 2.95 bits per heavy atom. The lowest BCUT2D eigenvalue weighted by atomic mass is 10.1. The van der Waals surface area contributed by atoms with Crippen LogP contribution >= 0.6 is 23.7 Å². The van der Waals surface area contributed by atoms with Gasteiger partial charge in [-0.25, -0.2) is 4.98 Å². The number of nitrogens with one attached hydrogen (secondary N) is 2. The Balaban J connectivity index is 0.00000180. The molecule has 2 heterocycles. The Morgan fingerprint density at radius 1 is 1.63 bits per heavy atom. The zero-order valence-corrected chi connectivity index (χ0v) is 12.9. The van der Waals surface area contributed by atoms with Gasteiger partial charge in [-0.15, -0.1) is 23.7 Å². The van der Waals surface area contributed by atoms with Gasteiger partial charge in [-0.05, 0) is 12.8 Å². The molecule has 19 heavy (non-hydrogen) atoms. The molecule has 5 nitrogen and oxygen atoms in total. The molecule has 0 spiro atoms. The lowest BCUT2D eigenvalue weighted by Gasteiger charge is -2.28. The van der Waals surface area contributed by atoms with Crippen LogP contribution in [0.2, 0.25) is 0 Å². The monoisotopic (exact) mass is 305 g/mol. The number of hydrogen-bond acceptors (Lipinski definition) is 5. The highest BCUT2D eigenvalue weighted by molar-refractivity contribution is 7.13. The predicted molar refractivity (Wildman–Crippen MR) is 79.3 cm³/mol. The van der Waals surface area contributed by atoms with Gasteiger partial charge in [-0.1, -0.05) is 13.8 Å². The molecule has 0 aliphatic carbocycles. The molecule has 1 saturated heterocycles. The summed E-state index contributed by atoms with van der Waals surface area (Å²) in [5, 5.41) is 8.64. The van der Waals surface area contributed by atoms with E-state index in [1.165, 1.54) is 11.3 Å². The summed E-state index contributed by atoms with van der Waals surface area (Å²) in [6.07, 6.45) is -0.108. The molecule has 0 radical (unpaired) electrons. The Kier molecular flexibility index (Phi) is 6.19. The highest BCUT2D eigenvalue weighted by Crippen LogP contribution is 2.21. The summed E-state index contributed by atoms with van der Waals surface area (Å²) >= 11 is 1.46. The van der Waals surface area contributed by atoms with E-state index in [4.69, 9.17) is 4.74 Å². The van der Waals surface area contributed by atoms with Gasteiger partial charge in [-0.2, -0.15) is 0 Å². The summed E-state index contributed by atoms with van der Waals surface area (Å²) in [5.41, 5.74) is 1.01. The number of halogens is 1. The normalized spacial score (nSPS) is 22.9. The number of thiazole rings is 1. The second-order valence-electron chi connectivity index (χ2n) is 4.73. The first-order valence-electron chi connectivity index (χ1n) is 6.19. The van der Waals surface area contributed by atoms with Crippen LogP contribution in [0.15, 0.2) is 5.38 Å². The Bertz CT molecular complexity index is 425. The Hall–Kier alpha value is -0.690. The lowest BCUT2D eigenvalue weighted by molar-refractivity contribution is -0.123. The molecule has 1 aromatic heterocycles. The van der Waals surface area contributed by atoms with E-state index in [0.717, 1.165) is 5.69 Å². The van der Waals surface area contributed by atoms with Crippen LogP contribution in [0.5, 0.6) is 0 Å². The molecule has 2 N–H and O–H groups in total. The molecule has 1 aliphatic rings. The minimum atomic E-state index is -0.301. The third-order valence-electron chi connectivity index (χ3n) is 2.94. The molecule has 2 rings (SSSR count). The third-order valence-corrected chi connectivity index (χ3v) is 3.72. The Morgan fingerprint density at radius 2 is 2.37 bits per heavy atom. The number of anilines is 1. The molecule has 1 amide bonds. The maximum Gasteiger partial charge on any atom is 0.245 e. The molecule has 0 bridgehead atoms. The van der Waals surface area contributed by atoms with Crippen molar-refractivity contribution >= 4 is 34.8 Å². The van der Waals surface area contributed by atoms with Crippen LogP contribution in [0.1, 0.15) is 32.4 Å². The minimum absolute atomic E-state index is 0. The predicted octanol–water partition coefficient (Wildman–Crippen LogP) is 2.00. The molecule has 0 aromatic carbocycles. The number of amides is 1. The fourth-order valence-corrected chi connectivity index (χ4v) is 2.69. The van der Waals surface area contributed by atoms with Gasteiger partial charge < -0.3 is 15.4 Å². The highest BCUT2D eigenvalue weighted by Gasteiger charge is 2.28. The van der Waals surface area contributed by atoms with E-state index in [2.05, 4.69) is 29.5 Å². The van der Waals surface area contributed by atoms with Crippen LogP contribution in [-0.2, 0) is 9.53 Å². The maximum absolute atomic E-state index is 12.1. The lowest BCUT2D eigenvalue weighted by Crippen LogP contribution is -2.53. The number of rotatable bonds is 3. The second kappa shape index (κ2) is 7.19. The average Bonchev–Trinajstić information content (AvgIpc) is 2.78. The van der Waals surface area contributed by atoms with Crippen LogP contribution in [-0.4, -0.2) is 36.2 Å². The Labute approximate surface area is 123 Å². The van der Waals surface area contributed by atoms with E-state index < -0.39 is 0 Å². The van der Waals surface area contributed by atoms with E-state index in [-0.39, 0.29) is 30.5 Å². The second-order valence-corrected chi connectivity index (χ2v) is 5.59. The molecule has 7 heteroatoms. The molecule has 1 aliphatic heterocycles. The smallest absolute Gasteiger partial charge is 0.245 e. The molecule has 2 atom stereocenters.